The van der Waals surface area contributed by atoms with E-state index in [1.54, 1.807) is 18.3 Å². The fraction of sp³-hybridized carbons (Fsp3) is 0.273. The number of aromatic nitrogens is 2. The van der Waals surface area contributed by atoms with Crippen LogP contribution in [0.25, 0.3) is 0 Å². The highest BCUT2D eigenvalue weighted by atomic mass is 35.5. The first-order chi connectivity index (χ1) is 13.5. The maximum Gasteiger partial charge on any atom is 0.251 e. The van der Waals surface area contributed by atoms with Crippen molar-refractivity contribution >= 4 is 17.5 Å². The Bertz CT molecular complexity index is 951. The van der Waals surface area contributed by atoms with Gasteiger partial charge in [0.1, 0.15) is 12.4 Å². The molecule has 0 aliphatic carbocycles. The highest BCUT2D eigenvalue weighted by Gasteiger charge is 2.14. The van der Waals surface area contributed by atoms with Gasteiger partial charge in [0.05, 0.1) is 16.8 Å². The Morgan fingerprint density at radius 3 is 2.68 bits per heavy atom. The molecule has 3 rings (SSSR count). The standard InChI is InChI=1S/C22H24ClN3O2/c1-4-26-20(11-12-24-26)16(3)25-22(27)18-8-6-17(7-9-18)14-28-21-13-15(2)5-10-19(21)23/h5-13,16H,4,14H2,1-3H3,(H,25,27). The van der Waals surface area contributed by atoms with Gasteiger partial charge in [0.15, 0.2) is 0 Å². The second kappa shape index (κ2) is 8.93. The van der Waals surface area contributed by atoms with E-state index in [1.165, 1.54) is 0 Å². The van der Waals surface area contributed by atoms with Crippen molar-refractivity contribution in [3.8, 4) is 5.75 Å². The average Bonchev–Trinajstić information content (AvgIpc) is 3.18. The Labute approximate surface area is 170 Å². The molecule has 1 heterocycles. The van der Waals surface area contributed by atoms with Gasteiger partial charge in [-0.25, -0.2) is 0 Å². The van der Waals surface area contributed by atoms with Crippen LogP contribution in [0.5, 0.6) is 5.75 Å². The summed E-state index contributed by atoms with van der Waals surface area (Å²) < 4.78 is 7.68. The predicted molar refractivity (Wildman–Crippen MR) is 111 cm³/mol. The van der Waals surface area contributed by atoms with E-state index in [1.807, 2.05) is 61.9 Å². The lowest BCUT2D eigenvalue weighted by Crippen LogP contribution is -2.28. The molecule has 0 aliphatic heterocycles. The van der Waals surface area contributed by atoms with Crippen molar-refractivity contribution in [1.29, 1.82) is 0 Å². The summed E-state index contributed by atoms with van der Waals surface area (Å²) in [5.41, 5.74) is 3.64. The molecule has 6 heteroatoms. The zero-order valence-corrected chi connectivity index (χ0v) is 17.0. The van der Waals surface area contributed by atoms with Crippen LogP contribution >= 0.6 is 11.6 Å². The van der Waals surface area contributed by atoms with E-state index >= 15 is 0 Å². The summed E-state index contributed by atoms with van der Waals surface area (Å²) in [6.07, 6.45) is 1.75. The molecular formula is C22H24ClN3O2. The molecule has 3 aromatic rings. The number of hydrogen-bond acceptors (Lipinski definition) is 3. The molecule has 0 fully saturated rings. The van der Waals surface area contributed by atoms with E-state index in [2.05, 4.69) is 10.4 Å². The third-order valence-corrected chi connectivity index (χ3v) is 4.85. The van der Waals surface area contributed by atoms with Crippen molar-refractivity contribution < 1.29 is 9.53 Å². The number of nitrogens with one attached hydrogen (secondary N) is 1. The molecule has 0 bridgehead atoms. The summed E-state index contributed by atoms with van der Waals surface area (Å²) in [6.45, 7) is 7.12. The molecule has 1 unspecified atom stereocenters. The van der Waals surface area contributed by atoms with Crippen LogP contribution < -0.4 is 10.1 Å². The summed E-state index contributed by atoms with van der Waals surface area (Å²) in [7, 11) is 0. The van der Waals surface area contributed by atoms with E-state index in [0.29, 0.717) is 22.9 Å². The van der Waals surface area contributed by atoms with Crippen molar-refractivity contribution in [2.24, 2.45) is 0 Å². The fourth-order valence-electron chi connectivity index (χ4n) is 2.96. The molecule has 0 saturated heterocycles. The average molecular weight is 398 g/mol. The number of carbonyl (C=O) groups excluding carboxylic acids is 1. The Balaban J connectivity index is 1.60. The first-order valence-electron chi connectivity index (χ1n) is 9.28. The maximum atomic E-state index is 12.5. The summed E-state index contributed by atoms with van der Waals surface area (Å²) in [5, 5.41) is 7.85. The van der Waals surface area contributed by atoms with Gasteiger partial charge >= 0.3 is 0 Å². The fourth-order valence-corrected chi connectivity index (χ4v) is 3.14. The highest BCUT2D eigenvalue weighted by Crippen LogP contribution is 2.26. The lowest BCUT2D eigenvalue weighted by molar-refractivity contribution is 0.0938. The van der Waals surface area contributed by atoms with Crippen LogP contribution in [0.1, 0.15) is 47.1 Å². The smallest absolute Gasteiger partial charge is 0.251 e. The zero-order valence-electron chi connectivity index (χ0n) is 16.3. The number of aryl methyl sites for hydroxylation is 2. The molecule has 1 aromatic heterocycles. The lowest BCUT2D eigenvalue weighted by Gasteiger charge is -2.15. The zero-order chi connectivity index (χ0) is 20.1. The molecule has 5 nitrogen and oxygen atoms in total. The van der Waals surface area contributed by atoms with Crippen LogP contribution in [0, 0.1) is 6.92 Å². The van der Waals surface area contributed by atoms with Crippen molar-refractivity contribution in [3.63, 3.8) is 0 Å². The van der Waals surface area contributed by atoms with E-state index in [9.17, 15) is 4.79 Å². The van der Waals surface area contributed by atoms with Gasteiger partial charge in [-0.2, -0.15) is 5.10 Å². The van der Waals surface area contributed by atoms with Crippen LogP contribution in [0.3, 0.4) is 0 Å². The number of rotatable bonds is 7. The second-order valence-electron chi connectivity index (χ2n) is 6.69. The van der Waals surface area contributed by atoms with Gasteiger partial charge in [-0.3, -0.25) is 9.48 Å². The molecule has 146 valence electrons. The topological polar surface area (TPSA) is 56.2 Å². The van der Waals surface area contributed by atoms with Crippen molar-refractivity contribution in [2.75, 3.05) is 0 Å². The number of halogens is 1. The van der Waals surface area contributed by atoms with Gasteiger partial charge < -0.3 is 10.1 Å². The van der Waals surface area contributed by atoms with Gasteiger partial charge in [-0.05, 0) is 62.2 Å². The first-order valence-corrected chi connectivity index (χ1v) is 9.66. The number of benzene rings is 2. The van der Waals surface area contributed by atoms with E-state index in [-0.39, 0.29) is 11.9 Å². The van der Waals surface area contributed by atoms with Gasteiger partial charge in [-0.15, -0.1) is 0 Å². The van der Waals surface area contributed by atoms with Crippen molar-refractivity contribution in [2.45, 2.75) is 40.0 Å². The van der Waals surface area contributed by atoms with Crippen molar-refractivity contribution in [1.82, 2.24) is 15.1 Å². The normalized spacial score (nSPS) is 11.9. The van der Waals surface area contributed by atoms with E-state index < -0.39 is 0 Å². The minimum Gasteiger partial charge on any atom is -0.487 e. The molecule has 1 atom stereocenters. The second-order valence-corrected chi connectivity index (χ2v) is 7.09. The number of carbonyl (C=O) groups is 1. The van der Waals surface area contributed by atoms with Crippen LogP contribution in [0.2, 0.25) is 5.02 Å². The molecular weight excluding hydrogens is 374 g/mol. The Hall–Kier alpha value is -2.79. The third-order valence-electron chi connectivity index (χ3n) is 4.54. The minimum absolute atomic E-state index is 0.120. The first kappa shape index (κ1) is 20.0. The van der Waals surface area contributed by atoms with Gasteiger partial charge in [0, 0.05) is 18.3 Å². The minimum atomic E-state index is -0.124. The van der Waals surface area contributed by atoms with Gasteiger partial charge in [0.2, 0.25) is 0 Å². The highest BCUT2D eigenvalue weighted by molar-refractivity contribution is 6.32. The van der Waals surface area contributed by atoms with Crippen LogP contribution in [0.15, 0.2) is 54.7 Å². The van der Waals surface area contributed by atoms with Gasteiger partial charge in [-0.1, -0.05) is 29.8 Å². The molecule has 28 heavy (non-hydrogen) atoms. The SMILES string of the molecule is CCn1nccc1C(C)NC(=O)c1ccc(COc2cc(C)ccc2Cl)cc1. The summed E-state index contributed by atoms with van der Waals surface area (Å²) in [5.74, 6) is 0.537. The summed E-state index contributed by atoms with van der Waals surface area (Å²) >= 11 is 6.16. The summed E-state index contributed by atoms with van der Waals surface area (Å²) in [6, 6.07) is 14.9. The molecule has 0 aliphatic rings. The molecule has 2 aromatic carbocycles. The van der Waals surface area contributed by atoms with E-state index in [0.717, 1.165) is 23.4 Å². The Morgan fingerprint density at radius 1 is 1.21 bits per heavy atom. The molecule has 0 spiro atoms. The monoisotopic (exact) mass is 397 g/mol. The number of nitrogens with zero attached hydrogens (tertiary/aromatic N) is 2. The third kappa shape index (κ3) is 4.73. The molecule has 1 N–H and O–H groups in total. The lowest BCUT2D eigenvalue weighted by atomic mass is 10.1. The maximum absolute atomic E-state index is 12.5. The molecule has 0 radical (unpaired) electrons. The molecule has 1 amide bonds. The molecule has 0 saturated carbocycles. The van der Waals surface area contributed by atoms with Crippen LogP contribution in [0.4, 0.5) is 0 Å². The van der Waals surface area contributed by atoms with Gasteiger partial charge in [0.25, 0.3) is 5.91 Å². The van der Waals surface area contributed by atoms with Crippen LogP contribution in [-0.2, 0) is 13.2 Å². The quantitative estimate of drug-likeness (QED) is 0.614. The Morgan fingerprint density at radius 2 is 1.96 bits per heavy atom. The summed E-state index contributed by atoms with van der Waals surface area (Å²) in [4.78, 5) is 12.5. The predicted octanol–water partition coefficient (Wildman–Crippen LogP) is 4.93. The largest absolute Gasteiger partial charge is 0.487 e. The number of amides is 1. The number of hydrogen-bond donors (Lipinski definition) is 1. The van der Waals surface area contributed by atoms with E-state index in [4.69, 9.17) is 16.3 Å². The number of ether oxygens (including phenoxy) is 1. The van der Waals surface area contributed by atoms with Crippen LogP contribution in [-0.4, -0.2) is 15.7 Å². The Kier molecular flexibility index (Phi) is 6.37. The van der Waals surface area contributed by atoms with Crippen molar-refractivity contribution in [3.05, 3.63) is 82.1 Å².